The second-order valence-corrected chi connectivity index (χ2v) is 7.20. The number of rotatable bonds is 2. The van der Waals surface area contributed by atoms with Crippen LogP contribution in [0, 0.1) is 10.8 Å². The molecule has 3 heteroatoms. The van der Waals surface area contributed by atoms with Crippen molar-refractivity contribution >= 4 is 17.3 Å². The van der Waals surface area contributed by atoms with Crippen LogP contribution in [-0.2, 0) is 0 Å². The van der Waals surface area contributed by atoms with Crippen molar-refractivity contribution in [1.29, 1.82) is 0 Å². The van der Waals surface area contributed by atoms with Gasteiger partial charge in [-0.3, -0.25) is 0 Å². The monoisotopic (exact) mass is 244 g/mol. The fourth-order valence-corrected chi connectivity index (χ4v) is 1.22. The van der Waals surface area contributed by atoms with Crippen LogP contribution < -0.4 is 10.6 Å². The first kappa shape index (κ1) is 15.7. The molecule has 0 rings (SSSR count). The third kappa shape index (κ3) is 5.69. The Morgan fingerprint density at radius 2 is 1.06 bits per heavy atom. The number of hydrogen-bond acceptors (Lipinski definition) is 1. The zero-order chi connectivity index (χ0) is 13.1. The van der Waals surface area contributed by atoms with Crippen LogP contribution in [0.25, 0.3) is 0 Å². The number of hydrogen-bond donors (Lipinski definition) is 2. The summed E-state index contributed by atoms with van der Waals surface area (Å²) in [6.45, 7) is 17.6. The van der Waals surface area contributed by atoms with E-state index in [-0.39, 0.29) is 10.8 Å². The van der Waals surface area contributed by atoms with E-state index in [1.165, 1.54) is 0 Å². The maximum absolute atomic E-state index is 5.32. The summed E-state index contributed by atoms with van der Waals surface area (Å²) in [4.78, 5) is 0. The van der Waals surface area contributed by atoms with Gasteiger partial charge in [0.15, 0.2) is 5.11 Å². The molecule has 2 nitrogen and oxygen atoms in total. The zero-order valence-electron chi connectivity index (χ0n) is 12.1. The van der Waals surface area contributed by atoms with Crippen LogP contribution in [0.2, 0.25) is 0 Å². The molecule has 0 amide bonds. The number of nitrogens with one attached hydrogen (secondary N) is 2. The van der Waals surface area contributed by atoms with Gasteiger partial charge in [-0.05, 0) is 36.9 Å². The van der Waals surface area contributed by atoms with Crippen molar-refractivity contribution in [2.75, 3.05) is 0 Å². The second kappa shape index (κ2) is 5.35. The summed E-state index contributed by atoms with van der Waals surface area (Å²) in [5, 5.41) is 7.44. The molecule has 2 N–H and O–H groups in total. The molecule has 0 aliphatic rings. The van der Waals surface area contributed by atoms with Crippen molar-refractivity contribution in [3.05, 3.63) is 0 Å². The standard InChI is InChI=1S/C13H28N2S/c1-9(12(3,4)5)14-11(16)15-10(2)13(6,7)8/h9-10H,1-8H3,(H2,14,15,16). The fourth-order valence-electron chi connectivity index (χ4n) is 0.868. The molecule has 0 spiro atoms. The fraction of sp³-hybridized carbons (Fsp3) is 0.923. The summed E-state index contributed by atoms with van der Waals surface area (Å²) in [6, 6.07) is 0.722. The SMILES string of the molecule is CC(NC(=S)NC(C)C(C)(C)C)C(C)(C)C. The molecule has 0 aromatic rings. The molecule has 2 atom stereocenters. The second-order valence-electron chi connectivity index (χ2n) is 6.79. The molecule has 0 radical (unpaired) electrons. The van der Waals surface area contributed by atoms with Gasteiger partial charge in [-0.2, -0.15) is 0 Å². The van der Waals surface area contributed by atoms with E-state index in [1.54, 1.807) is 0 Å². The highest BCUT2D eigenvalue weighted by Crippen LogP contribution is 2.20. The zero-order valence-corrected chi connectivity index (χ0v) is 12.9. The Morgan fingerprint density at radius 1 is 0.812 bits per heavy atom. The molecule has 0 bridgehead atoms. The third-order valence-electron chi connectivity index (χ3n) is 3.29. The molecular weight excluding hydrogens is 216 g/mol. The van der Waals surface area contributed by atoms with Gasteiger partial charge in [0.1, 0.15) is 0 Å². The van der Waals surface area contributed by atoms with Crippen molar-refractivity contribution in [3.8, 4) is 0 Å². The highest BCUT2D eigenvalue weighted by molar-refractivity contribution is 7.80. The largest absolute Gasteiger partial charge is 0.360 e. The maximum atomic E-state index is 5.32. The van der Waals surface area contributed by atoms with Crippen molar-refractivity contribution < 1.29 is 0 Å². The van der Waals surface area contributed by atoms with E-state index in [0.29, 0.717) is 12.1 Å². The Labute approximate surface area is 107 Å². The minimum atomic E-state index is 0.219. The first-order chi connectivity index (χ1) is 6.94. The van der Waals surface area contributed by atoms with Gasteiger partial charge in [-0.25, -0.2) is 0 Å². The van der Waals surface area contributed by atoms with E-state index in [0.717, 1.165) is 5.11 Å². The molecule has 0 aliphatic heterocycles. The average molecular weight is 244 g/mol. The van der Waals surface area contributed by atoms with Gasteiger partial charge in [0.25, 0.3) is 0 Å². The van der Waals surface area contributed by atoms with Crippen LogP contribution in [0.4, 0.5) is 0 Å². The van der Waals surface area contributed by atoms with Crippen molar-refractivity contribution in [3.63, 3.8) is 0 Å². The van der Waals surface area contributed by atoms with E-state index >= 15 is 0 Å². The number of thiocarbonyl (C=S) groups is 1. The topological polar surface area (TPSA) is 24.1 Å². The van der Waals surface area contributed by atoms with E-state index in [1.807, 2.05) is 0 Å². The molecule has 0 fully saturated rings. The summed E-state index contributed by atoms with van der Waals surface area (Å²) in [7, 11) is 0. The maximum Gasteiger partial charge on any atom is 0.166 e. The Bertz CT molecular complexity index is 211. The Balaban J connectivity index is 4.21. The quantitative estimate of drug-likeness (QED) is 0.729. The van der Waals surface area contributed by atoms with Gasteiger partial charge in [0, 0.05) is 12.1 Å². The van der Waals surface area contributed by atoms with Gasteiger partial charge >= 0.3 is 0 Å². The lowest BCUT2D eigenvalue weighted by atomic mass is 9.87. The first-order valence-corrected chi connectivity index (χ1v) is 6.42. The van der Waals surface area contributed by atoms with Gasteiger partial charge < -0.3 is 10.6 Å². The predicted octanol–water partition coefficient (Wildman–Crippen LogP) is 3.32. The lowest BCUT2D eigenvalue weighted by Crippen LogP contribution is -2.51. The first-order valence-electron chi connectivity index (χ1n) is 6.01. The van der Waals surface area contributed by atoms with E-state index in [2.05, 4.69) is 66.0 Å². The molecule has 0 heterocycles. The normalized spacial score (nSPS) is 16.5. The van der Waals surface area contributed by atoms with E-state index < -0.39 is 0 Å². The van der Waals surface area contributed by atoms with Gasteiger partial charge in [-0.1, -0.05) is 41.5 Å². The summed E-state index contributed by atoms with van der Waals surface area (Å²) in [5.41, 5.74) is 0.438. The van der Waals surface area contributed by atoms with Crippen molar-refractivity contribution in [2.24, 2.45) is 10.8 Å². The molecule has 2 unspecified atom stereocenters. The van der Waals surface area contributed by atoms with Crippen LogP contribution in [0.1, 0.15) is 55.4 Å². The van der Waals surface area contributed by atoms with Crippen molar-refractivity contribution in [1.82, 2.24) is 10.6 Å². The summed E-state index contributed by atoms with van der Waals surface area (Å²) >= 11 is 5.32. The highest BCUT2D eigenvalue weighted by atomic mass is 32.1. The summed E-state index contributed by atoms with van der Waals surface area (Å²) < 4.78 is 0. The molecule has 16 heavy (non-hydrogen) atoms. The summed E-state index contributed by atoms with van der Waals surface area (Å²) in [5.74, 6) is 0. The summed E-state index contributed by atoms with van der Waals surface area (Å²) in [6.07, 6.45) is 0. The highest BCUT2D eigenvalue weighted by Gasteiger charge is 2.23. The average Bonchev–Trinajstić information content (AvgIpc) is 1.99. The van der Waals surface area contributed by atoms with Gasteiger partial charge in [0.2, 0.25) is 0 Å². The minimum Gasteiger partial charge on any atom is -0.360 e. The van der Waals surface area contributed by atoms with Crippen LogP contribution in [0.3, 0.4) is 0 Å². The van der Waals surface area contributed by atoms with Crippen molar-refractivity contribution in [2.45, 2.75) is 67.5 Å². The molecule has 0 aromatic carbocycles. The Morgan fingerprint density at radius 3 is 1.25 bits per heavy atom. The van der Waals surface area contributed by atoms with Crippen LogP contribution in [0.15, 0.2) is 0 Å². The van der Waals surface area contributed by atoms with Crippen LogP contribution in [0.5, 0.6) is 0 Å². The lowest BCUT2D eigenvalue weighted by molar-refractivity contribution is 0.298. The third-order valence-corrected chi connectivity index (χ3v) is 3.53. The van der Waals surface area contributed by atoms with E-state index in [9.17, 15) is 0 Å². The lowest BCUT2D eigenvalue weighted by Gasteiger charge is -2.33. The van der Waals surface area contributed by atoms with Crippen LogP contribution >= 0.6 is 12.2 Å². The van der Waals surface area contributed by atoms with Crippen LogP contribution in [-0.4, -0.2) is 17.2 Å². The predicted molar refractivity (Wildman–Crippen MR) is 76.7 cm³/mol. The molecule has 96 valence electrons. The smallest absolute Gasteiger partial charge is 0.166 e. The molecule has 0 saturated heterocycles. The minimum absolute atomic E-state index is 0.219. The molecular formula is C13H28N2S. The molecule has 0 aromatic heterocycles. The van der Waals surface area contributed by atoms with Gasteiger partial charge in [0.05, 0.1) is 0 Å². The Hall–Kier alpha value is -0.310. The molecule has 0 aliphatic carbocycles. The van der Waals surface area contributed by atoms with Gasteiger partial charge in [-0.15, -0.1) is 0 Å². The Kier molecular flexibility index (Phi) is 5.24. The van der Waals surface area contributed by atoms with E-state index in [4.69, 9.17) is 12.2 Å². The molecule has 0 saturated carbocycles.